The van der Waals surface area contributed by atoms with Crippen LogP contribution in [-0.4, -0.2) is 35.1 Å². The number of hydrogen-bond donors (Lipinski definition) is 1. The van der Waals surface area contributed by atoms with Crippen molar-refractivity contribution in [3.63, 3.8) is 0 Å². The maximum absolute atomic E-state index is 6.25. The summed E-state index contributed by atoms with van der Waals surface area (Å²) in [6, 6.07) is 2.44. The highest BCUT2D eigenvalue weighted by atomic mass is 16.5. The zero-order chi connectivity index (χ0) is 14.6. The van der Waals surface area contributed by atoms with Gasteiger partial charge in [0.05, 0.1) is 11.3 Å². The summed E-state index contributed by atoms with van der Waals surface area (Å²) in [4.78, 5) is 0. The fourth-order valence-electron chi connectivity index (χ4n) is 3.46. The quantitative estimate of drug-likeness (QED) is 0.870. The minimum Gasteiger partial charge on any atom is -0.374 e. The number of nitrogens with zero attached hydrogens (tertiary/aromatic N) is 2. The van der Waals surface area contributed by atoms with Crippen molar-refractivity contribution in [1.29, 1.82) is 0 Å². The first-order valence-corrected chi connectivity index (χ1v) is 7.89. The Morgan fingerprint density at radius 1 is 1.50 bits per heavy atom. The molecule has 2 rings (SSSR count). The summed E-state index contributed by atoms with van der Waals surface area (Å²) in [5.74, 6) is 0.830. The molecule has 1 unspecified atom stereocenters. The van der Waals surface area contributed by atoms with Crippen molar-refractivity contribution in [1.82, 2.24) is 15.1 Å². The first-order chi connectivity index (χ1) is 9.59. The topological polar surface area (TPSA) is 39.1 Å². The molecule has 1 aromatic rings. The van der Waals surface area contributed by atoms with Crippen molar-refractivity contribution in [3.8, 4) is 0 Å². The van der Waals surface area contributed by atoms with Crippen molar-refractivity contribution in [3.05, 3.63) is 18.0 Å². The molecule has 4 nitrogen and oxygen atoms in total. The first kappa shape index (κ1) is 15.5. The van der Waals surface area contributed by atoms with Gasteiger partial charge in [0.25, 0.3) is 0 Å². The second-order valence-electron chi connectivity index (χ2n) is 6.21. The van der Waals surface area contributed by atoms with Crippen LogP contribution in [-0.2, 0) is 18.2 Å². The summed E-state index contributed by atoms with van der Waals surface area (Å²) in [6.07, 6.45) is 7.78. The van der Waals surface area contributed by atoms with Gasteiger partial charge in [-0.25, -0.2) is 0 Å². The van der Waals surface area contributed by atoms with Crippen LogP contribution in [0.1, 0.15) is 45.2 Å². The van der Waals surface area contributed by atoms with Crippen LogP contribution in [0.15, 0.2) is 12.3 Å². The SMILES string of the molecule is CCOC1(C(Cc2ccn(C)n2)NC)CCC(C)CC1. The van der Waals surface area contributed by atoms with E-state index in [1.807, 2.05) is 25.0 Å². The maximum atomic E-state index is 6.25. The Hall–Kier alpha value is -0.870. The molecule has 20 heavy (non-hydrogen) atoms. The van der Waals surface area contributed by atoms with E-state index in [-0.39, 0.29) is 5.60 Å². The van der Waals surface area contributed by atoms with Gasteiger partial charge in [0.15, 0.2) is 0 Å². The highest BCUT2D eigenvalue weighted by molar-refractivity contribution is 5.07. The fraction of sp³-hybridized carbons (Fsp3) is 0.812. The Balaban J connectivity index is 2.12. The molecule has 1 fully saturated rings. The standard InChI is InChI=1S/C16H29N3O/c1-5-20-16(9-6-13(2)7-10-16)15(17-3)12-14-8-11-19(4)18-14/h8,11,13,15,17H,5-7,9-10,12H2,1-4H3. The summed E-state index contributed by atoms with van der Waals surface area (Å²) in [6.45, 7) is 5.24. The van der Waals surface area contributed by atoms with E-state index in [9.17, 15) is 0 Å². The van der Waals surface area contributed by atoms with Gasteiger partial charge in [-0.15, -0.1) is 0 Å². The third kappa shape index (κ3) is 3.41. The van der Waals surface area contributed by atoms with Crippen LogP contribution in [0.5, 0.6) is 0 Å². The van der Waals surface area contributed by atoms with Gasteiger partial charge in [-0.1, -0.05) is 6.92 Å². The van der Waals surface area contributed by atoms with E-state index >= 15 is 0 Å². The highest BCUT2D eigenvalue weighted by Crippen LogP contribution is 2.38. The summed E-state index contributed by atoms with van der Waals surface area (Å²) in [7, 11) is 4.02. The molecule has 114 valence electrons. The summed E-state index contributed by atoms with van der Waals surface area (Å²) in [5.41, 5.74) is 1.12. The summed E-state index contributed by atoms with van der Waals surface area (Å²) >= 11 is 0. The lowest BCUT2D eigenvalue weighted by molar-refractivity contribution is -0.0949. The van der Waals surface area contributed by atoms with Gasteiger partial charge in [-0.2, -0.15) is 5.10 Å². The molecule has 1 atom stereocenters. The monoisotopic (exact) mass is 279 g/mol. The molecule has 4 heteroatoms. The predicted molar refractivity (Wildman–Crippen MR) is 81.7 cm³/mol. The largest absolute Gasteiger partial charge is 0.374 e. The van der Waals surface area contributed by atoms with E-state index in [2.05, 4.69) is 30.3 Å². The number of likely N-dealkylation sites (N-methyl/N-ethyl adjacent to an activating group) is 1. The molecule has 0 radical (unpaired) electrons. The van der Waals surface area contributed by atoms with Gasteiger partial charge in [0, 0.05) is 32.3 Å². The van der Waals surface area contributed by atoms with Crippen LogP contribution < -0.4 is 5.32 Å². The number of aryl methyl sites for hydroxylation is 1. The Bertz CT molecular complexity index is 408. The van der Waals surface area contributed by atoms with Crippen LogP contribution in [0.25, 0.3) is 0 Å². The van der Waals surface area contributed by atoms with Crippen LogP contribution in [0.3, 0.4) is 0 Å². The molecular weight excluding hydrogens is 250 g/mol. The molecule has 0 aromatic carbocycles. The van der Waals surface area contributed by atoms with E-state index in [0.717, 1.165) is 37.5 Å². The van der Waals surface area contributed by atoms with Crippen LogP contribution in [0.2, 0.25) is 0 Å². The molecule has 1 saturated carbocycles. The second-order valence-corrected chi connectivity index (χ2v) is 6.21. The van der Waals surface area contributed by atoms with E-state index < -0.39 is 0 Å². The molecule has 1 heterocycles. The number of ether oxygens (including phenoxy) is 1. The average Bonchev–Trinajstić information content (AvgIpc) is 2.85. The third-order valence-corrected chi connectivity index (χ3v) is 4.72. The summed E-state index contributed by atoms with van der Waals surface area (Å²) in [5, 5.41) is 8.02. The predicted octanol–water partition coefficient (Wildman–Crippen LogP) is 2.54. The highest BCUT2D eigenvalue weighted by Gasteiger charge is 2.41. The van der Waals surface area contributed by atoms with E-state index in [0.29, 0.717) is 6.04 Å². The Morgan fingerprint density at radius 3 is 2.70 bits per heavy atom. The van der Waals surface area contributed by atoms with Crippen molar-refractivity contribution >= 4 is 0 Å². The maximum Gasteiger partial charge on any atom is 0.0838 e. The molecular formula is C16H29N3O. The van der Waals surface area contributed by atoms with Gasteiger partial charge in [0.1, 0.15) is 0 Å². The molecule has 0 bridgehead atoms. The fourth-order valence-corrected chi connectivity index (χ4v) is 3.46. The smallest absolute Gasteiger partial charge is 0.0838 e. The normalized spacial score (nSPS) is 28.5. The zero-order valence-electron chi connectivity index (χ0n) is 13.4. The Labute approximate surface area is 122 Å². The van der Waals surface area contributed by atoms with E-state index in [1.54, 1.807) is 0 Å². The van der Waals surface area contributed by atoms with Crippen molar-refractivity contribution in [2.24, 2.45) is 13.0 Å². The Kier molecular flexibility index (Phi) is 5.22. The molecule has 0 amide bonds. The molecule has 0 spiro atoms. The van der Waals surface area contributed by atoms with Gasteiger partial charge < -0.3 is 10.1 Å². The van der Waals surface area contributed by atoms with Crippen LogP contribution in [0, 0.1) is 5.92 Å². The minimum absolute atomic E-state index is 0.0203. The molecule has 1 aliphatic carbocycles. The van der Waals surface area contributed by atoms with Crippen molar-refractivity contribution in [2.45, 2.75) is 57.6 Å². The number of hydrogen-bond acceptors (Lipinski definition) is 3. The average molecular weight is 279 g/mol. The first-order valence-electron chi connectivity index (χ1n) is 7.89. The van der Waals surface area contributed by atoms with Gasteiger partial charge in [-0.3, -0.25) is 4.68 Å². The van der Waals surface area contributed by atoms with E-state index in [1.165, 1.54) is 12.8 Å². The van der Waals surface area contributed by atoms with Gasteiger partial charge in [0.2, 0.25) is 0 Å². The lowest BCUT2D eigenvalue weighted by atomic mass is 9.74. The van der Waals surface area contributed by atoms with Crippen LogP contribution in [0.4, 0.5) is 0 Å². The van der Waals surface area contributed by atoms with Crippen molar-refractivity contribution < 1.29 is 4.74 Å². The zero-order valence-corrected chi connectivity index (χ0v) is 13.4. The molecule has 0 saturated heterocycles. The molecule has 0 aliphatic heterocycles. The summed E-state index contributed by atoms with van der Waals surface area (Å²) < 4.78 is 8.13. The minimum atomic E-state index is -0.0203. The van der Waals surface area contributed by atoms with Gasteiger partial charge in [-0.05, 0) is 51.6 Å². The van der Waals surface area contributed by atoms with Crippen LogP contribution >= 0.6 is 0 Å². The van der Waals surface area contributed by atoms with Gasteiger partial charge >= 0.3 is 0 Å². The van der Waals surface area contributed by atoms with Crippen molar-refractivity contribution in [2.75, 3.05) is 13.7 Å². The second kappa shape index (κ2) is 6.72. The number of aromatic nitrogens is 2. The third-order valence-electron chi connectivity index (χ3n) is 4.72. The lowest BCUT2D eigenvalue weighted by Crippen LogP contribution is -2.54. The molecule has 1 aliphatic rings. The number of nitrogens with one attached hydrogen (secondary N) is 1. The molecule has 1 N–H and O–H groups in total. The molecule has 1 aromatic heterocycles. The Morgan fingerprint density at radius 2 is 2.20 bits per heavy atom. The van der Waals surface area contributed by atoms with E-state index in [4.69, 9.17) is 4.74 Å². The lowest BCUT2D eigenvalue weighted by Gasteiger charge is -2.44. The number of rotatable bonds is 6.